The third-order valence-corrected chi connectivity index (χ3v) is 3.45. The Morgan fingerprint density at radius 3 is 2.61 bits per heavy atom. The minimum atomic E-state index is -0.416. The van der Waals surface area contributed by atoms with Crippen molar-refractivity contribution in [2.24, 2.45) is 0 Å². The summed E-state index contributed by atoms with van der Waals surface area (Å²) in [4.78, 5) is 13.3. The number of aryl methyl sites for hydroxylation is 1. The fourth-order valence-corrected chi connectivity index (χ4v) is 2.40. The van der Waals surface area contributed by atoms with Crippen LogP contribution in [0.1, 0.15) is 12.0 Å². The molecule has 1 heterocycles. The van der Waals surface area contributed by atoms with Crippen LogP contribution in [0.3, 0.4) is 0 Å². The number of hydrogen-bond donors (Lipinski definition) is 1. The van der Waals surface area contributed by atoms with Crippen LogP contribution in [0.2, 0.25) is 0 Å². The van der Waals surface area contributed by atoms with Crippen molar-refractivity contribution >= 4 is 17.5 Å². The van der Waals surface area contributed by atoms with E-state index in [1.165, 1.54) is 7.11 Å². The predicted molar refractivity (Wildman–Crippen MR) is 82.0 cm³/mol. The first-order valence-corrected chi connectivity index (χ1v) is 6.84. The topological polar surface area (TPSA) is 113 Å². The van der Waals surface area contributed by atoms with Crippen molar-refractivity contribution in [3.63, 3.8) is 0 Å². The van der Waals surface area contributed by atoms with Gasteiger partial charge >= 0.3 is 6.09 Å². The molecule has 0 fully saturated rings. The molecule has 0 bridgehead atoms. The smallest absolute Gasteiger partial charge is 0.414 e. The van der Waals surface area contributed by atoms with Crippen LogP contribution in [-0.4, -0.2) is 19.7 Å². The number of ether oxygens (including phenoxy) is 1. The number of nitrogens with zero attached hydrogens (tertiary/aromatic N) is 4. The van der Waals surface area contributed by atoms with Gasteiger partial charge in [0.2, 0.25) is 0 Å². The highest BCUT2D eigenvalue weighted by molar-refractivity contribution is 5.89. The number of rotatable bonds is 2. The van der Waals surface area contributed by atoms with Gasteiger partial charge in [-0.05, 0) is 36.6 Å². The highest BCUT2D eigenvalue weighted by atomic mass is 16.5. The van der Waals surface area contributed by atoms with Crippen LogP contribution in [0.25, 0.3) is 0 Å². The monoisotopic (exact) mass is 307 g/mol. The Morgan fingerprint density at radius 1 is 1.26 bits per heavy atom. The molecule has 0 saturated heterocycles. The van der Waals surface area contributed by atoms with E-state index in [0.717, 1.165) is 24.1 Å². The minimum Gasteiger partial charge on any atom is -0.452 e. The third kappa shape index (κ3) is 3.23. The van der Waals surface area contributed by atoms with Crippen molar-refractivity contribution in [3.8, 4) is 18.2 Å². The van der Waals surface area contributed by atoms with E-state index in [1.807, 2.05) is 6.07 Å². The fraction of sp³-hybridized carbons (Fsp3) is 0.250. The van der Waals surface area contributed by atoms with Gasteiger partial charge in [-0.25, -0.2) is 4.79 Å². The molecule has 114 valence electrons. The molecule has 1 N–H and O–H groups in total. The highest BCUT2D eigenvalue weighted by Crippen LogP contribution is 2.30. The summed E-state index contributed by atoms with van der Waals surface area (Å²) in [5, 5.41) is 29.5. The summed E-state index contributed by atoms with van der Waals surface area (Å²) in [6, 6.07) is 10.4. The maximum Gasteiger partial charge on any atom is 0.414 e. The quantitative estimate of drug-likeness (QED) is 0.839. The van der Waals surface area contributed by atoms with Gasteiger partial charge in [-0.2, -0.15) is 15.8 Å². The minimum absolute atomic E-state index is 0.101. The van der Waals surface area contributed by atoms with Crippen molar-refractivity contribution in [2.75, 3.05) is 23.9 Å². The van der Waals surface area contributed by atoms with E-state index in [2.05, 4.69) is 5.32 Å². The Labute approximate surface area is 133 Å². The zero-order valence-corrected chi connectivity index (χ0v) is 12.5. The average molecular weight is 307 g/mol. The number of fused-ring (bicyclic) bond motifs is 1. The fourth-order valence-electron chi connectivity index (χ4n) is 2.40. The van der Waals surface area contributed by atoms with Crippen LogP contribution < -0.4 is 10.2 Å². The van der Waals surface area contributed by atoms with Gasteiger partial charge in [0, 0.05) is 12.2 Å². The lowest BCUT2D eigenvalue weighted by molar-refractivity contribution is 0.178. The maximum atomic E-state index is 11.8. The van der Waals surface area contributed by atoms with Gasteiger partial charge in [-0.1, -0.05) is 0 Å². The molecular weight excluding hydrogens is 294 g/mol. The first-order chi connectivity index (χ1) is 11.1. The molecule has 7 nitrogen and oxygen atoms in total. The van der Waals surface area contributed by atoms with Crippen LogP contribution in [0.15, 0.2) is 29.5 Å². The van der Waals surface area contributed by atoms with Crippen molar-refractivity contribution < 1.29 is 9.53 Å². The van der Waals surface area contributed by atoms with Gasteiger partial charge in [0.1, 0.15) is 23.9 Å². The summed E-state index contributed by atoms with van der Waals surface area (Å²) >= 11 is 0. The summed E-state index contributed by atoms with van der Waals surface area (Å²) in [6.45, 7) is 0.586. The third-order valence-electron chi connectivity index (χ3n) is 3.45. The normalized spacial score (nSPS) is 12.0. The van der Waals surface area contributed by atoms with Crippen LogP contribution in [-0.2, 0) is 11.2 Å². The highest BCUT2D eigenvalue weighted by Gasteiger charge is 2.23. The zero-order valence-electron chi connectivity index (χ0n) is 12.5. The van der Waals surface area contributed by atoms with Crippen molar-refractivity contribution in [2.45, 2.75) is 12.8 Å². The lowest BCUT2D eigenvalue weighted by atomic mass is 10.0. The summed E-state index contributed by atoms with van der Waals surface area (Å²) in [6.07, 6.45) is 1.17. The van der Waals surface area contributed by atoms with Crippen molar-refractivity contribution in [3.05, 3.63) is 35.0 Å². The molecule has 1 aliphatic heterocycles. The maximum absolute atomic E-state index is 11.8. The van der Waals surface area contributed by atoms with Gasteiger partial charge in [0.15, 0.2) is 5.57 Å². The van der Waals surface area contributed by atoms with Gasteiger partial charge < -0.3 is 10.1 Å². The van der Waals surface area contributed by atoms with Gasteiger partial charge in [-0.15, -0.1) is 0 Å². The van der Waals surface area contributed by atoms with Gasteiger partial charge in [-0.3, -0.25) is 4.90 Å². The second-order valence-electron chi connectivity index (χ2n) is 4.78. The van der Waals surface area contributed by atoms with Gasteiger partial charge in [0.05, 0.1) is 12.8 Å². The molecule has 1 aliphatic rings. The molecule has 1 amide bonds. The number of nitrogens with one attached hydrogen (secondary N) is 1. The van der Waals surface area contributed by atoms with Crippen molar-refractivity contribution in [1.29, 1.82) is 15.8 Å². The Hall–Kier alpha value is -3.50. The molecule has 0 atom stereocenters. The first kappa shape index (κ1) is 15.9. The molecular formula is C16H13N5O2. The molecule has 0 saturated carbocycles. The van der Waals surface area contributed by atoms with Crippen LogP contribution in [0.4, 0.5) is 16.2 Å². The molecule has 0 spiro atoms. The average Bonchev–Trinajstić information content (AvgIpc) is 2.60. The molecule has 1 aromatic carbocycles. The van der Waals surface area contributed by atoms with E-state index in [-0.39, 0.29) is 11.3 Å². The molecule has 0 aliphatic carbocycles. The van der Waals surface area contributed by atoms with E-state index in [0.29, 0.717) is 12.2 Å². The van der Waals surface area contributed by atoms with Crippen LogP contribution >= 0.6 is 0 Å². The van der Waals surface area contributed by atoms with Crippen molar-refractivity contribution in [1.82, 2.24) is 0 Å². The Balaban J connectivity index is 2.34. The molecule has 1 aromatic rings. The van der Waals surface area contributed by atoms with Crippen LogP contribution in [0.5, 0.6) is 0 Å². The summed E-state index contributed by atoms with van der Waals surface area (Å²) < 4.78 is 4.77. The Morgan fingerprint density at radius 2 is 2.00 bits per heavy atom. The number of methoxy groups -OCH3 is 1. The summed E-state index contributed by atoms with van der Waals surface area (Å²) in [5.74, 6) is 0. The lowest BCUT2D eigenvalue weighted by Gasteiger charge is -2.28. The molecule has 0 radical (unpaired) electrons. The molecule has 2 rings (SSSR count). The number of amides is 1. The standard InChI is InChI=1S/C16H13N5O2/c1-23-16(22)21-6-2-3-11-7-13(4-5-15(11)21)20-14(10-19)12(8-17)9-18/h4-5,7,20H,2-3,6H2,1H3. The number of benzene rings is 1. The lowest BCUT2D eigenvalue weighted by Crippen LogP contribution is -2.35. The predicted octanol–water partition coefficient (Wildman–Crippen LogP) is 2.44. The first-order valence-electron chi connectivity index (χ1n) is 6.84. The molecule has 23 heavy (non-hydrogen) atoms. The van der Waals surface area contributed by atoms with E-state index >= 15 is 0 Å². The van der Waals surface area contributed by atoms with E-state index in [9.17, 15) is 4.79 Å². The van der Waals surface area contributed by atoms with Gasteiger partial charge in [0.25, 0.3) is 0 Å². The number of carbonyl (C=O) groups is 1. The number of nitriles is 3. The zero-order chi connectivity index (χ0) is 16.8. The largest absolute Gasteiger partial charge is 0.452 e. The second-order valence-corrected chi connectivity index (χ2v) is 4.78. The number of anilines is 2. The summed E-state index contributed by atoms with van der Waals surface area (Å²) in [7, 11) is 1.34. The Bertz CT molecular complexity index is 776. The molecule has 0 aromatic heterocycles. The van der Waals surface area contributed by atoms with E-state index in [4.69, 9.17) is 20.5 Å². The van der Waals surface area contributed by atoms with E-state index in [1.54, 1.807) is 35.2 Å². The SMILES string of the molecule is COC(=O)N1CCCc2cc(NC(C#N)=C(C#N)C#N)ccc21. The second kappa shape index (κ2) is 6.98. The number of carbonyl (C=O) groups excluding carboxylic acids is 1. The Kier molecular flexibility index (Phi) is 4.82. The summed E-state index contributed by atoms with van der Waals surface area (Å²) in [5.41, 5.74) is 1.89. The number of allylic oxidation sites excluding steroid dienone is 2. The number of hydrogen-bond acceptors (Lipinski definition) is 6. The molecule has 0 unspecified atom stereocenters. The van der Waals surface area contributed by atoms with Crippen LogP contribution in [0, 0.1) is 34.0 Å². The van der Waals surface area contributed by atoms with E-state index < -0.39 is 6.09 Å². The molecule has 7 heteroatoms.